The van der Waals surface area contributed by atoms with E-state index >= 15 is 0 Å². The first kappa shape index (κ1) is 16.9. The molecule has 136 valence electrons. The molecule has 26 heavy (non-hydrogen) atoms. The smallest absolute Gasteiger partial charge is 0.255 e. The van der Waals surface area contributed by atoms with Crippen LogP contribution in [0.4, 0.5) is 20.2 Å². The van der Waals surface area contributed by atoms with Gasteiger partial charge in [-0.1, -0.05) is 0 Å². The SMILES string of the molecule is O=C(Nc1ccc(F)c(F)c1)c1ccc2c(c1)S(=O)(=O)NC1(COC1)N2. The van der Waals surface area contributed by atoms with Crippen LogP contribution in [0.5, 0.6) is 0 Å². The van der Waals surface area contributed by atoms with Gasteiger partial charge >= 0.3 is 0 Å². The van der Waals surface area contributed by atoms with Gasteiger partial charge in [-0.2, -0.15) is 4.72 Å². The molecule has 2 heterocycles. The summed E-state index contributed by atoms with van der Waals surface area (Å²) in [6.45, 7) is 0.397. The Hall–Kier alpha value is -2.56. The van der Waals surface area contributed by atoms with Crippen LogP contribution in [0.1, 0.15) is 10.4 Å². The molecular formula is C16H13F2N3O4S. The third-order valence-corrected chi connectivity index (χ3v) is 5.69. The van der Waals surface area contributed by atoms with Crippen molar-refractivity contribution >= 4 is 27.3 Å². The van der Waals surface area contributed by atoms with E-state index in [9.17, 15) is 22.0 Å². The Labute approximate surface area is 147 Å². The Bertz CT molecular complexity index is 1020. The quantitative estimate of drug-likeness (QED) is 0.735. The van der Waals surface area contributed by atoms with Crippen molar-refractivity contribution in [3.05, 3.63) is 53.6 Å². The summed E-state index contributed by atoms with van der Waals surface area (Å²) < 4.78 is 58.7. The maximum atomic E-state index is 13.2. The summed E-state index contributed by atoms with van der Waals surface area (Å²) in [6, 6.07) is 7.06. The topological polar surface area (TPSA) is 96.5 Å². The predicted octanol–water partition coefficient (Wildman–Crippen LogP) is 1.65. The number of sulfonamides is 1. The third kappa shape index (κ3) is 2.81. The number of hydrogen-bond acceptors (Lipinski definition) is 5. The molecule has 0 radical (unpaired) electrons. The van der Waals surface area contributed by atoms with E-state index in [-0.39, 0.29) is 29.4 Å². The molecule has 1 spiro atoms. The number of ether oxygens (including phenoxy) is 1. The summed E-state index contributed by atoms with van der Waals surface area (Å²) in [7, 11) is -3.83. The number of carbonyl (C=O) groups is 1. The van der Waals surface area contributed by atoms with Crippen LogP contribution in [0, 0.1) is 11.6 Å². The highest BCUT2D eigenvalue weighted by atomic mass is 32.2. The van der Waals surface area contributed by atoms with Crippen LogP contribution in [0.2, 0.25) is 0 Å². The van der Waals surface area contributed by atoms with Gasteiger partial charge in [-0.15, -0.1) is 0 Å². The summed E-state index contributed by atoms with van der Waals surface area (Å²) in [6.07, 6.45) is 0. The molecule has 2 aromatic carbocycles. The van der Waals surface area contributed by atoms with Crippen molar-refractivity contribution in [3.8, 4) is 0 Å². The van der Waals surface area contributed by atoms with E-state index in [0.29, 0.717) is 5.69 Å². The molecule has 1 amide bonds. The van der Waals surface area contributed by atoms with Gasteiger partial charge in [0.2, 0.25) is 10.0 Å². The maximum absolute atomic E-state index is 13.2. The molecule has 0 saturated carbocycles. The molecule has 3 N–H and O–H groups in total. The monoisotopic (exact) mass is 381 g/mol. The van der Waals surface area contributed by atoms with Gasteiger partial charge in [-0.25, -0.2) is 17.2 Å². The number of rotatable bonds is 2. The summed E-state index contributed by atoms with van der Waals surface area (Å²) >= 11 is 0. The zero-order valence-electron chi connectivity index (χ0n) is 13.2. The fraction of sp³-hybridized carbons (Fsp3) is 0.188. The molecule has 0 aliphatic carbocycles. The Balaban J connectivity index is 1.62. The Morgan fingerprint density at radius 2 is 1.88 bits per heavy atom. The largest absolute Gasteiger partial charge is 0.373 e. The van der Waals surface area contributed by atoms with Gasteiger partial charge in [-0.05, 0) is 30.3 Å². The van der Waals surface area contributed by atoms with E-state index in [1.807, 2.05) is 0 Å². The average Bonchev–Trinajstić information content (AvgIpc) is 2.56. The second-order valence-corrected chi connectivity index (χ2v) is 7.75. The average molecular weight is 381 g/mol. The second kappa shape index (κ2) is 5.73. The Morgan fingerprint density at radius 3 is 2.54 bits per heavy atom. The minimum atomic E-state index is -3.83. The number of amides is 1. The lowest BCUT2D eigenvalue weighted by Crippen LogP contribution is -2.68. The van der Waals surface area contributed by atoms with Crippen LogP contribution >= 0.6 is 0 Å². The van der Waals surface area contributed by atoms with Gasteiger partial charge in [0, 0.05) is 17.3 Å². The minimum Gasteiger partial charge on any atom is -0.373 e. The Morgan fingerprint density at radius 1 is 1.12 bits per heavy atom. The van der Waals surface area contributed by atoms with E-state index in [1.165, 1.54) is 24.3 Å². The summed E-state index contributed by atoms with van der Waals surface area (Å²) in [5.41, 5.74) is -0.393. The van der Waals surface area contributed by atoms with Crippen LogP contribution in [0.3, 0.4) is 0 Å². The first-order chi connectivity index (χ1) is 12.3. The van der Waals surface area contributed by atoms with E-state index in [4.69, 9.17) is 4.74 Å². The zero-order chi connectivity index (χ0) is 18.5. The van der Waals surface area contributed by atoms with E-state index in [2.05, 4.69) is 15.4 Å². The predicted molar refractivity (Wildman–Crippen MR) is 88.2 cm³/mol. The van der Waals surface area contributed by atoms with Gasteiger partial charge in [0.1, 0.15) is 10.6 Å². The van der Waals surface area contributed by atoms with Crippen LogP contribution in [-0.4, -0.2) is 33.2 Å². The number of carbonyl (C=O) groups excluding carboxylic acids is 1. The van der Waals surface area contributed by atoms with E-state index in [1.54, 1.807) is 0 Å². The first-order valence-electron chi connectivity index (χ1n) is 7.58. The van der Waals surface area contributed by atoms with Gasteiger partial charge in [0.15, 0.2) is 11.6 Å². The summed E-state index contributed by atoms with van der Waals surface area (Å²) in [4.78, 5) is 12.2. The number of nitrogens with one attached hydrogen (secondary N) is 3. The Kier molecular flexibility index (Phi) is 3.72. The van der Waals surface area contributed by atoms with E-state index in [0.717, 1.165) is 12.1 Å². The number of halogens is 2. The number of anilines is 2. The normalized spacial score (nSPS) is 19.2. The molecule has 2 aromatic rings. The molecular weight excluding hydrogens is 368 g/mol. The molecule has 10 heteroatoms. The minimum absolute atomic E-state index is 0.0521. The van der Waals surface area contributed by atoms with Crippen LogP contribution in [0.15, 0.2) is 41.3 Å². The first-order valence-corrected chi connectivity index (χ1v) is 9.07. The maximum Gasteiger partial charge on any atom is 0.255 e. The molecule has 4 rings (SSSR count). The molecule has 0 bridgehead atoms. The molecule has 0 unspecified atom stereocenters. The molecule has 1 saturated heterocycles. The van der Waals surface area contributed by atoms with Crippen LogP contribution in [0.25, 0.3) is 0 Å². The lowest BCUT2D eigenvalue weighted by molar-refractivity contribution is -0.0481. The fourth-order valence-corrected chi connectivity index (χ4v) is 4.28. The highest BCUT2D eigenvalue weighted by Crippen LogP contribution is 2.33. The number of hydrogen-bond donors (Lipinski definition) is 3. The van der Waals surface area contributed by atoms with Crippen molar-refractivity contribution in [3.63, 3.8) is 0 Å². The van der Waals surface area contributed by atoms with Crippen molar-refractivity contribution < 1.29 is 26.7 Å². The van der Waals surface area contributed by atoms with E-state index < -0.39 is 33.2 Å². The molecule has 7 nitrogen and oxygen atoms in total. The van der Waals surface area contributed by atoms with Crippen LogP contribution in [-0.2, 0) is 14.8 Å². The van der Waals surface area contributed by atoms with Crippen LogP contribution < -0.4 is 15.4 Å². The van der Waals surface area contributed by atoms with Crippen molar-refractivity contribution in [2.24, 2.45) is 0 Å². The molecule has 2 aliphatic heterocycles. The lowest BCUT2D eigenvalue weighted by atomic mass is 10.1. The van der Waals surface area contributed by atoms with Crippen molar-refractivity contribution in [1.82, 2.24) is 4.72 Å². The summed E-state index contributed by atoms with van der Waals surface area (Å²) in [5.74, 6) is -2.78. The number of benzene rings is 2. The van der Waals surface area contributed by atoms with Crippen molar-refractivity contribution in [2.75, 3.05) is 23.8 Å². The molecule has 2 aliphatic rings. The van der Waals surface area contributed by atoms with Gasteiger partial charge < -0.3 is 15.4 Å². The standard InChI is InChI=1S/C16H13F2N3O4S/c17-11-3-2-10(6-12(11)18)19-15(22)9-1-4-13-14(5-9)26(23,24)21-16(20-13)7-25-8-16/h1-6,20-21H,7-8H2,(H,19,22). The van der Waals surface area contributed by atoms with Crippen molar-refractivity contribution in [2.45, 2.75) is 10.6 Å². The molecule has 0 aromatic heterocycles. The van der Waals surface area contributed by atoms with Gasteiger partial charge in [-0.3, -0.25) is 4.79 Å². The highest BCUT2D eigenvalue weighted by molar-refractivity contribution is 7.89. The lowest BCUT2D eigenvalue weighted by Gasteiger charge is -2.45. The van der Waals surface area contributed by atoms with Gasteiger partial charge in [0.05, 0.1) is 18.9 Å². The third-order valence-electron chi connectivity index (χ3n) is 4.11. The van der Waals surface area contributed by atoms with Gasteiger partial charge in [0.25, 0.3) is 5.91 Å². The fourth-order valence-electron chi connectivity index (χ4n) is 2.80. The highest BCUT2D eigenvalue weighted by Gasteiger charge is 2.46. The zero-order valence-corrected chi connectivity index (χ0v) is 14.0. The summed E-state index contributed by atoms with van der Waals surface area (Å²) in [5, 5.41) is 5.45. The molecule has 0 atom stereocenters. The molecule has 1 fully saturated rings. The number of fused-ring (bicyclic) bond motifs is 1. The van der Waals surface area contributed by atoms with Crippen molar-refractivity contribution in [1.29, 1.82) is 0 Å². The second-order valence-electron chi connectivity index (χ2n) is 6.10.